The zero-order valence-corrected chi connectivity index (χ0v) is 14.3. The van der Waals surface area contributed by atoms with Gasteiger partial charge in [0.25, 0.3) is 10.0 Å². The van der Waals surface area contributed by atoms with Crippen LogP contribution in [0.1, 0.15) is 5.89 Å². The summed E-state index contributed by atoms with van der Waals surface area (Å²) in [5.41, 5.74) is 0.783. The minimum absolute atomic E-state index is 0.0543. The molecule has 0 aliphatic rings. The third-order valence-electron chi connectivity index (χ3n) is 2.72. The van der Waals surface area contributed by atoms with Gasteiger partial charge in [0.2, 0.25) is 11.7 Å². The second kappa shape index (κ2) is 6.29. The summed E-state index contributed by atoms with van der Waals surface area (Å²) >= 11 is 4.51. The molecule has 0 aliphatic carbocycles. The summed E-state index contributed by atoms with van der Waals surface area (Å²) in [5.74, 6) is 0.613. The number of hydrogen-bond donors (Lipinski definition) is 1. The lowest BCUT2D eigenvalue weighted by atomic mass is 10.2. The molecular formula is C13H10BrN3O3S2. The number of aromatic nitrogens is 2. The monoisotopic (exact) mass is 399 g/mol. The van der Waals surface area contributed by atoms with Crippen molar-refractivity contribution in [2.75, 3.05) is 0 Å². The Labute approximate surface area is 139 Å². The Hall–Kier alpha value is -1.55. The van der Waals surface area contributed by atoms with Crippen LogP contribution in [0.25, 0.3) is 11.4 Å². The lowest BCUT2D eigenvalue weighted by Gasteiger charge is -2.00. The van der Waals surface area contributed by atoms with Gasteiger partial charge in [-0.15, -0.1) is 11.3 Å². The van der Waals surface area contributed by atoms with E-state index in [0.29, 0.717) is 5.82 Å². The van der Waals surface area contributed by atoms with E-state index in [9.17, 15) is 8.42 Å². The molecule has 0 saturated heterocycles. The Morgan fingerprint density at radius 3 is 2.86 bits per heavy atom. The molecule has 0 aliphatic heterocycles. The first kappa shape index (κ1) is 15.3. The molecular weight excluding hydrogens is 390 g/mol. The number of benzene rings is 1. The van der Waals surface area contributed by atoms with Gasteiger partial charge in [-0.25, -0.2) is 13.1 Å². The highest BCUT2D eigenvalue weighted by molar-refractivity contribution is 9.10. The summed E-state index contributed by atoms with van der Waals surface area (Å²) < 4.78 is 32.6. The number of nitrogens with zero attached hydrogens (tertiary/aromatic N) is 2. The fourth-order valence-corrected chi connectivity index (χ4v) is 4.13. The first-order chi connectivity index (χ1) is 10.5. The molecule has 1 N–H and O–H groups in total. The highest BCUT2D eigenvalue weighted by atomic mass is 79.9. The molecule has 2 heterocycles. The van der Waals surface area contributed by atoms with Crippen molar-refractivity contribution in [3.05, 3.63) is 52.1 Å². The second-order valence-electron chi connectivity index (χ2n) is 4.28. The van der Waals surface area contributed by atoms with Crippen LogP contribution in [0.2, 0.25) is 0 Å². The second-order valence-corrected chi connectivity index (χ2v) is 8.14. The first-order valence-corrected chi connectivity index (χ1v) is 9.32. The van der Waals surface area contributed by atoms with E-state index in [2.05, 4.69) is 30.8 Å². The Morgan fingerprint density at radius 1 is 1.27 bits per heavy atom. The maximum atomic E-state index is 12.0. The Balaban J connectivity index is 1.73. The van der Waals surface area contributed by atoms with Gasteiger partial charge in [0.15, 0.2) is 0 Å². The number of sulfonamides is 1. The molecule has 114 valence electrons. The zero-order chi connectivity index (χ0) is 15.6. The molecule has 1 aromatic carbocycles. The minimum Gasteiger partial charge on any atom is -0.338 e. The maximum Gasteiger partial charge on any atom is 0.250 e. The van der Waals surface area contributed by atoms with Crippen LogP contribution in [0, 0.1) is 0 Å². The molecule has 9 heteroatoms. The van der Waals surface area contributed by atoms with E-state index >= 15 is 0 Å². The lowest BCUT2D eigenvalue weighted by molar-refractivity contribution is 0.376. The van der Waals surface area contributed by atoms with Crippen LogP contribution in [0.3, 0.4) is 0 Å². The van der Waals surface area contributed by atoms with E-state index in [1.165, 1.54) is 6.07 Å². The molecule has 0 unspecified atom stereocenters. The summed E-state index contributed by atoms with van der Waals surface area (Å²) in [5, 5.41) is 5.55. The quantitative estimate of drug-likeness (QED) is 0.712. The van der Waals surface area contributed by atoms with Crippen molar-refractivity contribution >= 4 is 37.3 Å². The van der Waals surface area contributed by atoms with E-state index in [0.717, 1.165) is 21.4 Å². The van der Waals surface area contributed by atoms with E-state index in [1.54, 1.807) is 11.4 Å². The molecule has 22 heavy (non-hydrogen) atoms. The molecule has 0 fully saturated rings. The predicted octanol–water partition coefficient (Wildman–Crippen LogP) is 3.04. The van der Waals surface area contributed by atoms with Gasteiger partial charge < -0.3 is 4.52 Å². The summed E-state index contributed by atoms with van der Waals surface area (Å²) in [6, 6.07) is 10.7. The van der Waals surface area contributed by atoms with Crippen molar-refractivity contribution in [3.63, 3.8) is 0 Å². The van der Waals surface area contributed by atoms with Crippen molar-refractivity contribution in [3.8, 4) is 11.4 Å². The summed E-state index contributed by atoms with van der Waals surface area (Å²) in [4.78, 5) is 4.18. The van der Waals surface area contributed by atoms with Gasteiger partial charge in [0, 0.05) is 10.0 Å². The average Bonchev–Trinajstić information content (AvgIpc) is 3.17. The van der Waals surface area contributed by atoms with Gasteiger partial charge in [0.1, 0.15) is 4.21 Å². The molecule has 0 radical (unpaired) electrons. The fourth-order valence-electron chi connectivity index (χ4n) is 1.72. The largest absolute Gasteiger partial charge is 0.338 e. The highest BCUT2D eigenvalue weighted by Gasteiger charge is 2.17. The molecule has 0 atom stereocenters. The van der Waals surface area contributed by atoms with Crippen molar-refractivity contribution in [2.45, 2.75) is 10.8 Å². The lowest BCUT2D eigenvalue weighted by Crippen LogP contribution is -2.22. The molecule has 2 aromatic heterocycles. The number of nitrogens with one attached hydrogen (secondary N) is 1. The highest BCUT2D eigenvalue weighted by Crippen LogP contribution is 2.20. The molecule has 3 aromatic rings. The third kappa shape index (κ3) is 3.43. The van der Waals surface area contributed by atoms with Gasteiger partial charge in [-0.1, -0.05) is 39.3 Å². The van der Waals surface area contributed by atoms with E-state index in [4.69, 9.17) is 4.52 Å². The molecule has 0 amide bonds. The maximum absolute atomic E-state index is 12.0. The Kier molecular flexibility index (Phi) is 4.39. The number of hydrogen-bond acceptors (Lipinski definition) is 6. The van der Waals surface area contributed by atoms with Gasteiger partial charge in [-0.2, -0.15) is 4.98 Å². The Morgan fingerprint density at radius 2 is 2.14 bits per heavy atom. The topological polar surface area (TPSA) is 85.1 Å². The predicted molar refractivity (Wildman–Crippen MR) is 85.8 cm³/mol. The molecule has 3 rings (SSSR count). The molecule has 0 bridgehead atoms. The third-order valence-corrected chi connectivity index (χ3v) is 6.02. The van der Waals surface area contributed by atoms with Gasteiger partial charge >= 0.3 is 0 Å². The average molecular weight is 400 g/mol. The van der Waals surface area contributed by atoms with Crippen LogP contribution >= 0.6 is 27.3 Å². The summed E-state index contributed by atoms with van der Waals surface area (Å²) in [7, 11) is -3.54. The van der Waals surface area contributed by atoms with Crippen LogP contribution in [-0.4, -0.2) is 18.6 Å². The number of thiophene rings is 1. The van der Waals surface area contributed by atoms with Crippen LogP contribution in [-0.2, 0) is 16.6 Å². The van der Waals surface area contributed by atoms with Crippen molar-refractivity contribution in [1.82, 2.24) is 14.9 Å². The van der Waals surface area contributed by atoms with E-state index < -0.39 is 10.0 Å². The van der Waals surface area contributed by atoms with Gasteiger partial charge in [0.05, 0.1) is 6.54 Å². The Bertz CT molecular complexity index is 876. The SMILES string of the molecule is O=S(=O)(NCc1nc(-c2cccc(Br)c2)no1)c1cccs1. The summed E-state index contributed by atoms with van der Waals surface area (Å²) in [6.07, 6.45) is 0. The van der Waals surface area contributed by atoms with Crippen molar-refractivity contribution < 1.29 is 12.9 Å². The number of rotatable bonds is 5. The van der Waals surface area contributed by atoms with Crippen LogP contribution in [0.4, 0.5) is 0 Å². The van der Waals surface area contributed by atoms with Crippen LogP contribution < -0.4 is 4.72 Å². The van der Waals surface area contributed by atoms with Crippen molar-refractivity contribution in [1.29, 1.82) is 0 Å². The molecule has 0 spiro atoms. The minimum atomic E-state index is -3.54. The molecule has 6 nitrogen and oxygen atoms in total. The molecule has 0 saturated carbocycles. The number of halogens is 1. The standard InChI is InChI=1S/C13H10BrN3O3S2/c14-10-4-1-3-9(7-10)13-16-11(20-17-13)8-15-22(18,19)12-5-2-6-21-12/h1-7,15H,8H2. The summed E-state index contributed by atoms with van der Waals surface area (Å²) in [6.45, 7) is -0.0543. The van der Waals surface area contributed by atoms with E-state index in [-0.39, 0.29) is 16.6 Å². The van der Waals surface area contributed by atoms with Crippen LogP contribution in [0.15, 0.2) is 55.0 Å². The zero-order valence-electron chi connectivity index (χ0n) is 11.1. The van der Waals surface area contributed by atoms with Crippen molar-refractivity contribution in [2.24, 2.45) is 0 Å². The first-order valence-electron chi connectivity index (χ1n) is 6.16. The van der Waals surface area contributed by atoms with Gasteiger partial charge in [-0.05, 0) is 23.6 Å². The normalized spacial score (nSPS) is 11.7. The fraction of sp³-hybridized carbons (Fsp3) is 0.0769. The van der Waals surface area contributed by atoms with Gasteiger partial charge in [-0.3, -0.25) is 0 Å². The van der Waals surface area contributed by atoms with E-state index in [1.807, 2.05) is 24.3 Å². The van der Waals surface area contributed by atoms with Crippen LogP contribution in [0.5, 0.6) is 0 Å². The smallest absolute Gasteiger partial charge is 0.250 e.